The van der Waals surface area contributed by atoms with Gasteiger partial charge in [0.2, 0.25) is 0 Å². The highest BCUT2D eigenvalue weighted by atomic mass is 35.5. The van der Waals surface area contributed by atoms with Crippen molar-refractivity contribution in [1.29, 1.82) is 0 Å². The molecule has 0 fully saturated rings. The molecule has 1 N–H and O–H groups in total. The first-order chi connectivity index (χ1) is 8.16. The van der Waals surface area contributed by atoms with Crippen LogP contribution in [0.15, 0.2) is 48.7 Å². The molecule has 4 nitrogen and oxygen atoms in total. The standard InChI is InChI=1S/C12H9ClN2O2/c13-9-4-3-5-10(8-9)14-12(16)11-6-1-2-7-15(11)17/h1-8H,(H,14,16). The Balaban J connectivity index is 2.20. The Morgan fingerprint density at radius 1 is 1.24 bits per heavy atom. The maximum Gasteiger partial charge on any atom is 0.321 e. The number of amides is 1. The highest BCUT2D eigenvalue weighted by molar-refractivity contribution is 6.30. The van der Waals surface area contributed by atoms with Crippen LogP contribution in [0, 0.1) is 5.21 Å². The summed E-state index contributed by atoms with van der Waals surface area (Å²) in [4.78, 5) is 11.8. The molecule has 1 amide bonds. The molecular formula is C12H9ClN2O2. The summed E-state index contributed by atoms with van der Waals surface area (Å²) in [5, 5.41) is 14.5. The zero-order valence-corrected chi connectivity index (χ0v) is 9.52. The molecule has 2 aromatic rings. The Morgan fingerprint density at radius 2 is 2.06 bits per heavy atom. The number of carbonyl (C=O) groups is 1. The molecule has 0 aliphatic heterocycles. The highest BCUT2D eigenvalue weighted by Crippen LogP contribution is 2.15. The second kappa shape index (κ2) is 4.84. The van der Waals surface area contributed by atoms with Gasteiger partial charge in [0, 0.05) is 22.8 Å². The summed E-state index contributed by atoms with van der Waals surface area (Å²) >= 11 is 5.79. The Kier molecular flexibility index (Phi) is 3.25. The Labute approximate surface area is 103 Å². The third-order valence-corrected chi connectivity index (χ3v) is 2.37. The van der Waals surface area contributed by atoms with Gasteiger partial charge in [-0.2, -0.15) is 4.73 Å². The Morgan fingerprint density at radius 3 is 2.76 bits per heavy atom. The van der Waals surface area contributed by atoms with E-state index in [-0.39, 0.29) is 5.69 Å². The summed E-state index contributed by atoms with van der Waals surface area (Å²) in [5.74, 6) is -0.470. The normalized spacial score (nSPS) is 9.94. The van der Waals surface area contributed by atoms with Gasteiger partial charge in [-0.3, -0.25) is 4.79 Å². The van der Waals surface area contributed by atoms with E-state index in [9.17, 15) is 10.0 Å². The number of carbonyl (C=O) groups excluding carboxylic acids is 1. The fourth-order valence-corrected chi connectivity index (χ4v) is 1.56. The van der Waals surface area contributed by atoms with E-state index in [0.29, 0.717) is 15.4 Å². The molecule has 0 saturated heterocycles. The zero-order chi connectivity index (χ0) is 12.3. The monoisotopic (exact) mass is 248 g/mol. The molecule has 0 unspecified atom stereocenters. The third-order valence-electron chi connectivity index (χ3n) is 2.14. The summed E-state index contributed by atoms with van der Waals surface area (Å²) in [6.07, 6.45) is 1.27. The van der Waals surface area contributed by atoms with Crippen LogP contribution in [0.4, 0.5) is 5.69 Å². The first-order valence-corrected chi connectivity index (χ1v) is 5.30. The van der Waals surface area contributed by atoms with Crippen LogP contribution in [-0.2, 0) is 0 Å². The third kappa shape index (κ3) is 2.73. The molecule has 0 aliphatic carbocycles. The maximum atomic E-state index is 11.8. The van der Waals surface area contributed by atoms with Gasteiger partial charge >= 0.3 is 5.91 Å². The van der Waals surface area contributed by atoms with E-state index in [1.165, 1.54) is 12.3 Å². The predicted molar refractivity (Wildman–Crippen MR) is 64.8 cm³/mol. The summed E-state index contributed by atoms with van der Waals surface area (Å²) in [5.41, 5.74) is 0.582. The maximum absolute atomic E-state index is 11.8. The number of hydrogen-bond donors (Lipinski definition) is 1. The molecule has 0 radical (unpaired) electrons. The van der Waals surface area contributed by atoms with Crippen molar-refractivity contribution in [3.63, 3.8) is 0 Å². The lowest BCUT2D eigenvalue weighted by Crippen LogP contribution is -2.36. The summed E-state index contributed by atoms with van der Waals surface area (Å²) in [7, 11) is 0. The van der Waals surface area contributed by atoms with Crippen LogP contribution >= 0.6 is 11.6 Å². The van der Waals surface area contributed by atoms with Crippen molar-refractivity contribution in [3.8, 4) is 0 Å². The molecule has 2 rings (SSSR count). The number of aromatic nitrogens is 1. The van der Waals surface area contributed by atoms with Crippen molar-refractivity contribution in [2.75, 3.05) is 5.32 Å². The number of anilines is 1. The lowest BCUT2D eigenvalue weighted by molar-refractivity contribution is -0.607. The molecule has 0 aliphatic rings. The average Bonchev–Trinajstić information content (AvgIpc) is 2.29. The minimum Gasteiger partial charge on any atom is -0.618 e. The van der Waals surface area contributed by atoms with E-state index in [1.54, 1.807) is 36.4 Å². The van der Waals surface area contributed by atoms with Gasteiger partial charge in [0.05, 0.1) is 0 Å². The Hall–Kier alpha value is -2.07. The molecule has 1 heterocycles. The fraction of sp³-hybridized carbons (Fsp3) is 0. The van der Waals surface area contributed by atoms with E-state index in [2.05, 4.69) is 5.32 Å². The summed E-state index contributed by atoms with van der Waals surface area (Å²) in [6.45, 7) is 0. The van der Waals surface area contributed by atoms with E-state index < -0.39 is 5.91 Å². The van der Waals surface area contributed by atoms with Crippen molar-refractivity contribution < 1.29 is 9.52 Å². The van der Waals surface area contributed by atoms with Crippen molar-refractivity contribution in [1.82, 2.24) is 0 Å². The van der Waals surface area contributed by atoms with E-state index in [0.717, 1.165) is 0 Å². The van der Waals surface area contributed by atoms with Gasteiger partial charge in [-0.25, -0.2) is 0 Å². The predicted octanol–water partition coefficient (Wildman–Crippen LogP) is 2.23. The van der Waals surface area contributed by atoms with Gasteiger partial charge in [-0.05, 0) is 24.3 Å². The van der Waals surface area contributed by atoms with Crippen LogP contribution in [0.3, 0.4) is 0 Å². The second-order valence-electron chi connectivity index (χ2n) is 3.38. The molecule has 0 spiro atoms. The number of pyridine rings is 1. The first-order valence-electron chi connectivity index (χ1n) is 4.92. The van der Waals surface area contributed by atoms with Gasteiger partial charge in [-0.1, -0.05) is 17.7 Å². The highest BCUT2D eigenvalue weighted by Gasteiger charge is 2.14. The second-order valence-corrected chi connectivity index (χ2v) is 3.81. The largest absolute Gasteiger partial charge is 0.618 e. The SMILES string of the molecule is O=C(Nc1cccc(Cl)c1)c1cccc[n+]1[O-]. The van der Waals surface area contributed by atoms with Gasteiger partial charge < -0.3 is 10.5 Å². The van der Waals surface area contributed by atoms with Gasteiger partial charge in [0.15, 0.2) is 6.20 Å². The molecule has 1 aromatic heterocycles. The fourth-order valence-electron chi connectivity index (χ4n) is 1.37. The lowest BCUT2D eigenvalue weighted by atomic mass is 10.3. The summed E-state index contributed by atoms with van der Waals surface area (Å²) < 4.78 is 0.514. The average molecular weight is 249 g/mol. The van der Waals surface area contributed by atoms with Crippen molar-refractivity contribution in [3.05, 3.63) is 64.6 Å². The summed E-state index contributed by atoms with van der Waals surface area (Å²) in [6, 6.07) is 11.4. The molecule has 17 heavy (non-hydrogen) atoms. The zero-order valence-electron chi connectivity index (χ0n) is 8.76. The topological polar surface area (TPSA) is 56.0 Å². The van der Waals surface area contributed by atoms with Crippen LogP contribution in [0.2, 0.25) is 5.02 Å². The molecular weight excluding hydrogens is 240 g/mol. The quantitative estimate of drug-likeness (QED) is 0.655. The van der Waals surface area contributed by atoms with Gasteiger partial charge in [0.25, 0.3) is 5.69 Å². The number of rotatable bonds is 2. The van der Waals surface area contributed by atoms with Crippen LogP contribution in [0.1, 0.15) is 10.5 Å². The van der Waals surface area contributed by atoms with Gasteiger partial charge in [0.1, 0.15) is 0 Å². The van der Waals surface area contributed by atoms with Crippen molar-refractivity contribution in [2.24, 2.45) is 0 Å². The Bertz CT molecular complexity index is 558. The number of hydrogen-bond acceptors (Lipinski definition) is 2. The smallest absolute Gasteiger partial charge is 0.321 e. The minimum atomic E-state index is -0.470. The molecule has 5 heteroatoms. The lowest BCUT2D eigenvalue weighted by Gasteiger charge is -2.05. The molecule has 0 saturated carbocycles. The van der Waals surface area contributed by atoms with Crippen molar-refractivity contribution in [2.45, 2.75) is 0 Å². The van der Waals surface area contributed by atoms with Crippen LogP contribution in [-0.4, -0.2) is 5.91 Å². The molecule has 0 atom stereocenters. The van der Waals surface area contributed by atoms with E-state index in [1.807, 2.05) is 0 Å². The van der Waals surface area contributed by atoms with Gasteiger partial charge in [-0.15, -0.1) is 0 Å². The van der Waals surface area contributed by atoms with Crippen LogP contribution < -0.4 is 10.0 Å². The molecule has 0 bridgehead atoms. The van der Waals surface area contributed by atoms with E-state index in [4.69, 9.17) is 11.6 Å². The first kappa shape index (κ1) is 11.4. The van der Waals surface area contributed by atoms with Crippen LogP contribution in [0.5, 0.6) is 0 Å². The molecule has 86 valence electrons. The van der Waals surface area contributed by atoms with Crippen molar-refractivity contribution >= 4 is 23.2 Å². The molecule has 1 aromatic carbocycles. The van der Waals surface area contributed by atoms with E-state index >= 15 is 0 Å². The minimum absolute atomic E-state index is 0.0347. The number of nitrogens with one attached hydrogen (secondary N) is 1. The number of halogens is 1. The van der Waals surface area contributed by atoms with Crippen LogP contribution in [0.25, 0.3) is 0 Å². The number of nitrogens with zero attached hydrogens (tertiary/aromatic N) is 1. The number of benzene rings is 1.